The van der Waals surface area contributed by atoms with E-state index in [1.807, 2.05) is 0 Å². The molecule has 2 aliphatic rings. The molecule has 2 heterocycles. The second-order valence-corrected chi connectivity index (χ2v) is 7.33. The molecule has 0 radical (unpaired) electrons. The van der Waals surface area contributed by atoms with E-state index in [1.54, 1.807) is 6.92 Å². The molecule has 4 rings (SSSR count). The number of hydrogen-bond donors (Lipinski definition) is 1. The van der Waals surface area contributed by atoms with Crippen LogP contribution in [-0.4, -0.2) is 40.1 Å². The van der Waals surface area contributed by atoms with Gasteiger partial charge in [-0.25, -0.2) is 0 Å². The van der Waals surface area contributed by atoms with Crippen LogP contribution in [0.15, 0.2) is 34.9 Å². The number of amides is 1. The Morgan fingerprint density at radius 1 is 1.24 bits per heavy atom. The quantitative estimate of drug-likeness (QED) is 0.925. The summed E-state index contributed by atoms with van der Waals surface area (Å²) in [5.41, 5.74) is 1.37. The Morgan fingerprint density at radius 3 is 2.80 bits per heavy atom. The highest BCUT2D eigenvalue weighted by molar-refractivity contribution is 5.89. The Balaban J connectivity index is 1.31. The standard InChI is InChI=1S/C19H24N4O2/c1-13-20-19(25-22-13)18(24)21-17-8-7-15-11-23(12-16(15)9-17)10-14-5-3-2-4-6-14/h2-6,15-17H,7-12H2,1H3,(H,21,24)/t15-,16+,17?/m1/s1. The Kier molecular flexibility index (Phi) is 4.53. The van der Waals surface area contributed by atoms with Gasteiger partial charge in [-0.05, 0) is 43.6 Å². The van der Waals surface area contributed by atoms with Crippen molar-refractivity contribution in [1.29, 1.82) is 0 Å². The predicted molar refractivity (Wildman–Crippen MR) is 92.8 cm³/mol. The number of fused-ring (bicyclic) bond motifs is 1. The highest BCUT2D eigenvalue weighted by Crippen LogP contribution is 2.36. The molecule has 1 N–H and O–H groups in total. The first-order valence-corrected chi connectivity index (χ1v) is 9.05. The number of hydrogen-bond acceptors (Lipinski definition) is 5. The SMILES string of the molecule is Cc1noc(C(=O)NC2CC[C@@H]3CN(Cc4ccccc4)C[C@@H]3C2)n1. The van der Waals surface area contributed by atoms with Crippen LogP contribution in [0, 0.1) is 18.8 Å². The maximum atomic E-state index is 12.2. The number of nitrogens with zero attached hydrogens (tertiary/aromatic N) is 3. The van der Waals surface area contributed by atoms with Crippen molar-refractivity contribution in [2.75, 3.05) is 13.1 Å². The zero-order chi connectivity index (χ0) is 17.2. The van der Waals surface area contributed by atoms with E-state index < -0.39 is 0 Å². The molecule has 1 aromatic heterocycles. The van der Waals surface area contributed by atoms with Gasteiger partial charge in [0.15, 0.2) is 5.82 Å². The van der Waals surface area contributed by atoms with E-state index in [9.17, 15) is 4.79 Å². The van der Waals surface area contributed by atoms with Gasteiger partial charge in [0.1, 0.15) is 0 Å². The van der Waals surface area contributed by atoms with Crippen molar-refractivity contribution < 1.29 is 9.32 Å². The summed E-state index contributed by atoms with van der Waals surface area (Å²) in [5.74, 6) is 1.72. The molecule has 1 aromatic carbocycles. The minimum atomic E-state index is -0.247. The number of carbonyl (C=O) groups excluding carboxylic acids is 1. The summed E-state index contributed by atoms with van der Waals surface area (Å²) in [6.45, 7) is 5.02. The van der Waals surface area contributed by atoms with Crippen LogP contribution >= 0.6 is 0 Å². The third kappa shape index (κ3) is 3.74. The van der Waals surface area contributed by atoms with Gasteiger partial charge in [0.05, 0.1) is 0 Å². The van der Waals surface area contributed by atoms with Crippen LogP contribution in [0.5, 0.6) is 0 Å². The van der Waals surface area contributed by atoms with Crippen LogP contribution in [0.25, 0.3) is 0 Å². The van der Waals surface area contributed by atoms with Crippen molar-refractivity contribution in [2.24, 2.45) is 11.8 Å². The summed E-state index contributed by atoms with van der Waals surface area (Å²) in [5, 5.41) is 6.75. The molecule has 0 spiro atoms. The molecule has 2 aromatic rings. The van der Waals surface area contributed by atoms with E-state index >= 15 is 0 Å². The number of benzene rings is 1. The maximum Gasteiger partial charge on any atom is 0.315 e. The molecule has 6 heteroatoms. The van der Waals surface area contributed by atoms with Crippen molar-refractivity contribution in [3.63, 3.8) is 0 Å². The Labute approximate surface area is 147 Å². The fourth-order valence-corrected chi connectivity index (χ4v) is 4.27. The van der Waals surface area contributed by atoms with Gasteiger partial charge < -0.3 is 9.84 Å². The molecule has 1 unspecified atom stereocenters. The Morgan fingerprint density at radius 2 is 2.04 bits per heavy atom. The van der Waals surface area contributed by atoms with E-state index in [4.69, 9.17) is 4.52 Å². The predicted octanol–water partition coefficient (Wildman–Crippen LogP) is 2.41. The smallest absolute Gasteiger partial charge is 0.315 e. The molecule has 1 aliphatic carbocycles. The Hall–Kier alpha value is -2.21. The monoisotopic (exact) mass is 340 g/mol. The molecule has 1 saturated heterocycles. The first-order chi connectivity index (χ1) is 12.2. The zero-order valence-corrected chi connectivity index (χ0v) is 14.5. The summed E-state index contributed by atoms with van der Waals surface area (Å²) in [4.78, 5) is 18.8. The largest absolute Gasteiger partial charge is 0.345 e. The van der Waals surface area contributed by atoms with Gasteiger partial charge in [0.25, 0.3) is 0 Å². The van der Waals surface area contributed by atoms with Gasteiger partial charge in [-0.1, -0.05) is 35.5 Å². The molecule has 1 amide bonds. The van der Waals surface area contributed by atoms with Gasteiger partial charge in [-0.3, -0.25) is 9.69 Å². The number of nitrogens with one attached hydrogen (secondary N) is 1. The van der Waals surface area contributed by atoms with Crippen molar-refractivity contribution >= 4 is 5.91 Å². The summed E-state index contributed by atoms with van der Waals surface area (Å²) in [6, 6.07) is 10.9. The number of aryl methyl sites for hydroxylation is 1. The molecular weight excluding hydrogens is 316 g/mol. The molecule has 3 atom stereocenters. The summed E-state index contributed by atoms with van der Waals surface area (Å²) < 4.78 is 4.96. The number of rotatable bonds is 4. The lowest BCUT2D eigenvalue weighted by molar-refractivity contribution is 0.0869. The van der Waals surface area contributed by atoms with Crippen molar-refractivity contribution in [3.05, 3.63) is 47.6 Å². The molecule has 6 nitrogen and oxygen atoms in total. The number of likely N-dealkylation sites (tertiary alicyclic amines) is 1. The lowest BCUT2D eigenvalue weighted by Gasteiger charge is -2.31. The van der Waals surface area contributed by atoms with Crippen LogP contribution in [0.3, 0.4) is 0 Å². The Bertz CT molecular complexity index is 730. The molecule has 0 bridgehead atoms. The highest BCUT2D eigenvalue weighted by atomic mass is 16.5. The summed E-state index contributed by atoms with van der Waals surface area (Å²) in [6.07, 6.45) is 3.23. The van der Waals surface area contributed by atoms with Crippen molar-refractivity contribution in [3.8, 4) is 0 Å². The summed E-state index contributed by atoms with van der Waals surface area (Å²) in [7, 11) is 0. The molecule has 25 heavy (non-hydrogen) atoms. The van der Waals surface area contributed by atoms with Gasteiger partial charge >= 0.3 is 11.8 Å². The molecule has 132 valence electrons. The maximum absolute atomic E-state index is 12.2. The molecular formula is C19H24N4O2. The van der Waals surface area contributed by atoms with Crippen LogP contribution in [-0.2, 0) is 6.54 Å². The molecule has 1 aliphatic heterocycles. The van der Waals surface area contributed by atoms with Crippen molar-refractivity contribution in [1.82, 2.24) is 20.4 Å². The average Bonchev–Trinajstić information content (AvgIpc) is 3.21. The zero-order valence-electron chi connectivity index (χ0n) is 14.5. The molecule has 1 saturated carbocycles. The van der Waals surface area contributed by atoms with Gasteiger partial charge in [-0.2, -0.15) is 4.98 Å². The lowest BCUT2D eigenvalue weighted by Crippen LogP contribution is -2.40. The third-order valence-corrected chi connectivity index (χ3v) is 5.43. The summed E-state index contributed by atoms with van der Waals surface area (Å²) >= 11 is 0. The number of carbonyl (C=O) groups is 1. The molecule has 2 fully saturated rings. The second kappa shape index (κ2) is 6.96. The van der Waals surface area contributed by atoms with E-state index in [-0.39, 0.29) is 17.8 Å². The van der Waals surface area contributed by atoms with Gasteiger partial charge in [0, 0.05) is 25.7 Å². The van der Waals surface area contributed by atoms with Crippen LogP contribution < -0.4 is 5.32 Å². The second-order valence-electron chi connectivity index (χ2n) is 7.33. The topological polar surface area (TPSA) is 71.3 Å². The van der Waals surface area contributed by atoms with Crippen LogP contribution in [0.1, 0.15) is 41.3 Å². The van der Waals surface area contributed by atoms with Crippen LogP contribution in [0.4, 0.5) is 0 Å². The fraction of sp³-hybridized carbons (Fsp3) is 0.526. The van der Waals surface area contributed by atoms with E-state index in [0.29, 0.717) is 11.7 Å². The minimum absolute atomic E-state index is 0.0664. The van der Waals surface area contributed by atoms with Gasteiger partial charge in [-0.15, -0.1) is 0 Å². The lowest BCUT2D eigenvalue weighted by atomic mass is 9.79. The van der Waals surface area contributed by atoms with E-state index in [1.165, 1.54) is 18.5 Å². The van der Waals surface area contributed by atoms with E-state index in [2.05, 4.69) is 50.7 Å². The van der Waals surface area contributed by atoms with Crippen molar-refractivity contribution in [2.45, 2.75) is 38.8 Å². The van der Waals surface area contributed by atoms with Crippen LogP contribution in [0.2, 0.25) is 0 Å². The first-order valence-electron chi connectivity index (χ1n) is 9.05. The first kappa shape index (κ1) is 16.3. The van der Waals surface area contributed by atoms with E-state index in [0.717, 1.165) is 31.8 Å². The third-order valence-electron chi connectivity index (χ3n) is 5.43. The average molecular weight is 340 g/mol. The highest BCUT2D eigenvalue weighted by Gasteiger charge is 2.38. The van der Waals surface area contributed by atoms with Gasteiger partial charge in [0.2, 0.25) is 0 Å². The minimum Gasteiger partial charge on any atom is -0.345 e. The fourth-order valence-electron chi connectivity index (χ4n) is 4.27. The number of aromatic nitrogens is 2. The normalized spacial score (nSPS) is 26.4.